The summed E-state index contributed by atoms with van der Waals surface area (Å²) in [7, 11) is 1.25. The Bertz CT molecular complexity index is 564. The number of nitro groups is 1. The van der Waals surface area contributed by atoms with Gasteiger partial charge in [0.1, 0.15) is 17.8 Å². The first kappa shape index (κ1) is 14.4. The molecule has 20 heavy (non-hydrogen) atoms. The topological polar surface area (TPSA) is 132 Å². The first-order chi connectivity index (χ1) is 9.43. The summed E-state index contributed by atoms with van der Waals surface area (Å²) >= 11 is 1.32. The van der Waals surface area contributed by atoms with E-state index < -0.39 is 28.4 Å². The van der Waals surface area contributed by atoms with Crippen molar-refractivity contribution in [1.82, 2.24) is 0 Å². The molecular formula is C11H11N2O6S-. The van der Waals surface area contributed by atoms with Gasteiger partial charge in [0.2, 0.25) is 0 Å². The van der Waals surface area contributed by atoms with Gasteiger partial charge in [-0.2, -0.15) is 0 Å². The lowest BCUT2D eigenvalue weighted by molar-refractivity contribution is -0.690. The quantitative estimate of drug-likeness (QED) is 0.507. The van der Waals surface area contributed by atoms with Gasteiger partial charge in [0.25, 0.3) is 5.69 Å². The predicted molar refractivity (Wildman–Crippen MR) is 65.0 cm³/mol. The Morgan fingerprint density at radius 2 is 2.25 bits per heavy atom. The molecule has 2 N–H and O–H groups in total. The minimum absolute atomic E-state index is 0.125. The lowest BCUT2D eigenvalue weighted by atomic mass is 10.1. The number of methoxy groups -OCH3 is 1. The van der Waals surface area contributed by atoms with E-state index in [1.165, 1.54) is 24.9 Å². The molecule has 1 aromatic rings. The molecule has 9 heteroatoms. The monoisotopic (exact) mass is 299 g/mol. The number of thioether (sulfide) groups is 1. The number of carbonyl (C=O) groups is 1. The molecule has 1 aliphatic rings. The van der Waals surface area contributed by atoms with Gasteiger partial charge in [-0.1, -0.05) is 11.8 Å². The number of hydrogen-bond donors (Lipinski definition) is 1. The van der Waals surface area contributed by atoms with Crippen LogP contribution in [0.15, 0.2) is 12.1 Å². The zero-order chi connectivity index (χ0) is 14.9. The Morgan fingerprint density at radius 1 is 1.55 bits per heavy atom. The SMILES string of the molecule is COc1cc([C@H]2[NH2+][C@@H](C(=O)[O-])CS2)cc([N+](=O)[O-])c1[O-]. The molecule has 1 aliphatic heterocycles. The molecule has 1 heterocycles. The van der Waals surface area contributed by atoms with Gasteiger partial charge in [-0.25, -0.2) is 0 Å². The number of carboxylic acids is 1. The van der Waals surface area contributed by atoms with Crippen LogP contribution in [0.3, 0.4) is 0 Å². The maximum atomic E-state index is 11.7. The van der Waals surface area contributed by atoms with E-state index in [-0.39, 0.29) is 11.1 Å². The minimum Gasteiger partial charge on any atom is -0.865 e. The summed E-state index contributed by atoms with van der Waals surface area (Å²) in [5.74, 6) is -1.76. The van der Waals surface area contributed by atoms with E-state index in [2.05, 4.69) is 0 Å². The molecule has 0 amide bonds. The van der Waals surface area contributed by atoms with Gasteiger partial charge in [0, 0.05) is 17.4 Å². The van der Waals surface area contributed by atoms with Crippen LogP contribution in [0.4, 0.5) is 5.69 Å². The van der Waals surface area contributed by atoms with Crippen molar-refractivity contribution in [2.75, 3.05) is 12.9 Å². The van der Waals surface area contributed by atoms with Crippen molar-refractivity contribution in [3.8, 4) is 11.5 Å². The first-order valence-corrected chi connectivity index (χ1v) is 6.69. The molecule has 108 valence electrons. The number of carboxylic acid groups (broad SMARTS) is 1. The van der Waals surface area contributed by atoms with Gasteiger partial charge < -0.3 is 25.1 Å². The van der Waals surface area contributed by atoms with Gasteiger partial charge in [0.05, 0.1) is 17.8 Å². The molecule has 2 rings (SSSR count). The zero-order valence-electron chi connectivity index (χ0n) is 10.4. The minimum atomic E-state index is -1.18. The Balaban J connectivity index is 2.35. The smallest absolute Gasteiger partial charge is 0.265 e. The van der Waals surface area contributed by atoms with Gasteiger partial charge in [0.15, 0.2) is 5.37 Å². The molecule has 0 aromatic heterocycles. The number of quaternary nitrogens is 1. The third kappa shape index (κ3) is 2.63. The highest BCUT2D eigenvalue weighted by Crippen LogP contribution is 2.38. The number of aliphatic carboxylic acids is 1. The number of hydrogen-bond acceptors (Lipinski definition) is 7. The van der Waals surface area contributed by atoms with Gasteiger partial charge in [-0.3, -0.25) is 10.1 Å². The maximum Gasteiger partial charge on any atom is 0.265 e. The van der Waals surface area contributed by atoms with Crippen molar-refractivity contribution < 1.29 is 30.0 Å². The van der Waals surface area contributed by atoms with Crippen LogP contribution in [0.25, 0.3) is 0 Å². The van der Waals surface area contributed by atoms with Crippen molar-refractivity contribution in [3.05, 3.63) is 27.8 Å². The number of benzene rings is 1. The predicted octanol–water partition coefficient (Wildman–Crippen LogP) is -1.90. The maximum absolute atomic E-state index is 11.7. The fraction of sp³-hybridized carbons (Fsp3) is 0.364. The van der Waals surface area contributed by atoms with Crippen molar-refractivity contribution in [1.29, 1.82) is 0 Å². The molecular weight excluding hydrogens is 288 g/mol. The molecule has 1 fully saturated rings. The van der Waals surface area contributed by atoms with E-state index in [1.54, 1.807) is 5.32 Å². The molecule has 1 saturated heterocycles. The summed E-state index contributed by atoms with van der Waals surface area (Å²) in [5.41, 5.74) is -0.104. The van der Waals surface area contributed by atoms with Crippen LogP contribution < -0.4 is 20.3 Å². The first-order valence-electron chi connectivity index (χ1n) is 5.64. The highest BCUT2D eigenvalue weighted by molar-refractivity contribution is 7.99. The summed E-state index contributed by atoms with van der Waals surface area (Å²) < 4.78 is 4.84. The Morgan fingerprint density at radius 3 is 2.75 bits per heavy atom. The highest BCUT2D eigenvalue weighted by atomic mass is 32.2. The normalized spacial score (nSPS) is 21.6. The summed E-state index contributed by atoms with van der Waals surface area (Å²) in [6.45, 7) is 0. The van der Waals surface area contributed by atoms with E-state index >= 15 is 0 Å². The van der Waals surface area contributed by atoms with Crippen molar-refractivity contribution >= 4 is 23.4 Å². The standard InChI is InChI=1S/C11H12N2O6S/c1-19-8-3-5(2-7(9(8)14)13(17)18)10-12-6(4-20-10)11(15)16/h2-3,6,10,12,14H,4H2,1H3,(H,15,16)/p-1/t6-,10+/m1/s1. The second-order valence-corrected chi connectivity index (χ2v) is 5.37. The molecule has 1 aromatic carbocycles. The zero-order valence-corrected chi connectivity index (χ0v) is 11.2. The van der Waals surface area contributed by atoms with Crippen molar-refractivity contribution in [3.63, 3.8) is 0 Å². The molecule has 0 spiro atoms. The van der Waals surface area contributed by atoms with E-state index in [9.17, 15) is 25.1 Å². The fourth-order valence-corrected chi connectivity index (χ4v) is 3.23. The number of nitrogens with two attached hydrogens (primary N) is 1. The van der Waals surface area contributed by atoms with E-state index in [4.69, 9.17) is 4.74 Å². The number of ether oxygens (including phenoxy) is 1. The van der Waals surface area contributed by atoms with Crippen LogP contribution in [0.5, 0.6) is 11.5 Å². The summed E-state index contributed by atoms with van der Waals surface area (Å²) in [6.07, 6.45) is 0. The largest absolute Gasteiger partial charge is 0.865 e. The van der Waals surface area contributed by atoms with E-state index in [1.807, 2.05) is 0 Å². The van der Waals surface area contributed by atoms with Crippen LogP contribution in [0, 0.1) is 10.1 Å². The fourth-order valence-electron chi connectivity index (χ4n) is 1.94. The second kappa shape index (κ2) is 5.55. The Hall–Kier alpha value is -2.00. The van der Waals surface area contributed by atoms with Crippen LogP contribution in [0.2, 0.25) is 0 Å². The Labute approximate surface area is 117 Å². The average Bonchev–Trinajstić information content (AvgIpc) is 2.88. The lowest BCUT2D eigenvalue weighted by Crippen LogP contribution is -2.90. The summed E-state index contributed by atoms with van der Waals surface area (Å²) in [4.78, 5) is 20.9. The molecule has 0 bridgehead atoms. The molecule has 0 radical (unpaired) electrons. The highest BCUT2D eigenvalue weighted by Gasteiger charge is 2.32. The van der Waals surface area contributed by atoms with Gasteiger partial charge >= 0.3 is 0 Å². The summed E-state index contributed by atoms with van der Waals surface area (Å²) in [5, 5.41) is 34.5. The number of nitro benzene ring substituents is 1. The van der Waals surface area contributed by atoms with Gasteiger partial charge in [-0.15, -0.1) is 0 Å². The third-order valence-corrected chi connectivity index (χ3v) is 4.31. The second-order valence-electron chi connectivity index (χ2n) is 4.20. The summed E-state index contributed by atoms with van der Waals surface area (Å²) in [6, 6.07) is 1.86. The van der Waals surface area contributed by atoms with Crippen LogP contribution in [-0.4, -0.2) is 29.8 Å². The van der Waals surface area contributed by atoms with E-state index in [0.717, 1.165) is 6.07 Å². The van der Waals surface area contributed by atoms with Crippen LogP contribution in [-0.2, 0) is 4.79 Å². The van der Waals surface area contributed by atoms with E-state index in [0.29, 0.717) is 11.3 Å². The van der Waals surface area contributed by atoms with Gasteiger partial charge in [-0.05, 0) is 6.07 Å². The molecule has 0 saturated carbocycles. The van der Waals surface area contributed by atoms with Crippen molar-refractivity contribution in [2.45, 2.75) is 11.4 Å². The van der Waals surface area contributed by atoms with Crippen LogP contribution >= 0.6 is 11.8 Å². The average molecular weight is 299 g/mol. The molecule has 0 unspecified atom stereocenters. The Kier molecular flexibility index (Phi) is 4.00. The van der Waals surface area contributed by atoms with Crippen LogP contribution in [0.1, 0.15) is 10.9 Å². The van der Waals surface area contributed by atoms with Crippen molar-refractivity contribution in [2.24, 2.45) is 0 Å². The number of carbonyl (C=O) groups excluding carboxylic acids is 1. The number of nitrogens with zero attached hydrogens (tertiary/aromatic N) is 1. The molecule has 8 nitrogen and oxygen atoms in total. The molecule has 0 aliphatic carbocycles. The molecule has 2 atom stereocenters. The number of rotatable bonds is 4. The lowest BCUT2D eigenvalue weighted by Gasteiger charge is -2.16. The third-order valence-electron chi connectivity index (χ3n) is 2.97.